The fraction of sp³-hybridized carbons (Fsp3) is 0.385. The summed E-state index contributed by atoms with van der Waals surface area (Å²) in [6.45, 7) is 7.93. The molecule has 2 aromatic carbocycles. The highest BCUT2D eigenvalue weighted by molar-refractivity contribution is 5.14. The molecule has 0 spiro atoms. The van der Waals surface area contributed by atoms with Gasteiger partial charge in [-0.2, -0.15) is 0 Å². The molecule has 2 N–H and O–H groups in total. The van der Waals surface area contributed by atoms with E-state index in [0.29, 0.717) is 26.1 Å². The summed E-state index contributed by atoms with van der Waals surface area (Å²) >= 11 is 0. The van der Waals surface area contributed by atoms with E-state index in [4.69, 9.17) is 14.2 Å². The molecule has 0 unspecified atom stereocenters. The van der Waals surface area contributed by atoms with Crippen molar-refractivity contribution < 1.29 is 24.4 Å². The average molecular weight is 427 g/mol. The molecule has 0 bridgehead atoms. The maximum absolute atomic E-state index is 10.0. The van der Waals surface area contributed by atoms with E-state index in [1.54, 1.807) is 12.2 Å². The van der Waals surface area contributed by atoms with Crippen LogP contribution in [0.4, 0.5) is 0 Å². The standard InChI is InChI=1S/C26H34O5/c1-3-11-23(29-19-21-13-7-5-8-14-21)26(18-28)31-24(12-4-2)25(17-27)30-20-22-15-9-6-10-16-22/h3-10,13-16,23-28H,1-2,11-12,17-20H2/t23-,24+,25+,26-/m0/s1. The van der Waals surface area contributed by atoms with E-state index in [1.807, 2.05) is 60.7 Å². The summed E-state index contributed by atoms with van der Waals surface area (Å²) in [6.07, 6.45) is 2.44. The van der Waals surface area contributed by atoms with Crippen LogP contribution in [-0.2, 0) is 27.4 Å². The van der Waals surface area contributed by atoms with E-state index in [9.17, 15) is 10.2 Å². The van der Waals surface area contributed by atoms with Gasteiger partial charge in [0.15, 0.2) is 0 Å². The molecule has 0 aromatic heterocycles. The lowest BCUT2D eigenvalue weighted by molar-refractivity contribution is -0.165. The fourth-order valence-electron chi connectivity index (χ4n) is 3.26. The van der Waals surface area contributed by atoms with Gasteiger partial charge in [-0.15, -0.1) is 13.2 Å². The van der Waals surface area contributed by atoms with Gasteiger partial charge in [-0.05, 0) is 24.0 Å². The summed E-state index contributed by atoms with van der Waals surface area (Å²) in [5.41, 5.74) is 2.04. The van der Waals surface area contributed by atoms with Crippen molar-refractivity contribution in [2.45, 2.75) is 50.5 Å². The molecule has 2 aromatic rings. The van der Waals surface area contributed by atoms with Crippen LogP contribution in [0.15, 0.2) is 86.0 Å². The van der Waals surface area contributed by atoms with Crippen LogP contribution < -0.4 is 0 Å². The third-order valence-electron chi connectivity index (χ3n) is 4.95. The van der Waals surface area contributed by atoms with Gasteiger partial charge < -0.3 is 24.4 Å². The van der Waals surface area contributed by atoms with Gasteiger partial charge in [-0.3, -0.25) is 0 Å². The first-order valence-corrected chi connectivity index (χ1v) is 10.6. The third-order valence-corrected chi connectivity index (χ3v) is 4.95. The SMILES string of the molecule is C=CC[C@H](OCc1ccccc1)[C@H](CO)O[C@H](CC=C)[C@@H](CO)OCc1ccccc1. The average Bonchev–Trinajstić information content (AvgIpc) is 2.82. The largest absolute Gasteiger partial charge is 0.394 e. The third kappa shape index (κ3) is 8.77. The molecule has 0 amide bonds. The Bertz CT molecular complexity index is 734. The molecule has 0 radical (unpaired) electrons. The predicted octanol–water partition coefficient (Wildman–Crippen LogP) is 4.05. The lowest BCUT2D eigenvalue weighted by atomic mass is 10.1. The van der Waals surface area contributed by atoms with Crippen LogP contribution in [0, 0.1) is 0 Å². The number of aliphatic hydroxyl groups excluding tert-OH is 2. The zero-order valence-corrected chi connectivity index (χ0v) is 18.0. The Morgan fingerprint density at radius 2 is 1.10 bits per heavy atom. The van der Waals surface area contributed by atoms with E-state index in [2.05, 4.69) is 13.2 Å². The second-order valence-electron chi connectivity index (χ2n) is 7.30. The number of ether oxygens (including phenoxy) is 3. The molecule has 31 heavy (non-hydrogen) atoms. The molecule has 0 aliphatic rings. The highest BCUT2D eigenvalue weighted by atomic mass is 16.6. The van der Waals surface area contributed by atoms with Crippen molar-refractivity contribution in [3.8, 4) is 0 Å². The molecule has 0 heterocycles. The zero-order chi connectivity index (χ0) is 22.3. The molecule has 0 aliphatic heterocycles. The lowest BCUT2D eigenvalue weighted by Gasteiger charge is -2.32. The van der Waals surface area contributed by atoms with Crippen molar-refractivity contribution in [3.05, 3.63) is 97.1 Å². The van der Waals surface area contributed by atoms with Gasteiger partial charge in [0.25, 0.3) is 0 Å². The van der Waals surface area contributed by atoms with Crippen molar-refractivity contribution >= 4 is 0 Å². The summed E-state index contributed by atoms with van der Waals surface area (Å²) in [6, 6.07) is 19.6. The number of benzene rings is 2. The Kier molecular flexibility index (Phi) is 11.8. The predicted molar refractivity (Wildman–Crippen MR) is 122 cm³/mol. The summed E-state index contributed by atoms with van der Waals surface area (Å²) in [4.78, 5) is 0. The van der Waals surface area contributed by atoms with Crippen molar-refractivity contribution in [2.75, 3.05) is 13.2 Å². The Morgan fingerprint density at radius 1 is 0.645 bits per heavy atom. The number of rotatable bonds is 16. The van der Waals surface area contributed by atoms with Gasteiger partial charge in [0.2, 0.25) is 0 Å². The Hall–Kier alpha value is -2.28. The Labute approximate surface area is 185 Å². The first-order valence-electron chi connectivity index (χ1n) is 10.6. The molecular formula is C26H34O5. The quantitative estimate of drug-likeness (QED) is 0.397. The Balaban J connectivity index is 2.03. The summed E-state index contributed by atoms with van der Waals surface area (Å²) in [5, 5.41) is 20.0. The maximum Gasteiger partial charge on any atom is 0.107 e. The topological polar surface area (TPSA) is 68.2 Å². The summed E-state index contributed by atoms with van der Waals surface area (Å²) in [5.74, 6) is 0. The lowest BCUT2D eigenvalue weighted by Crippen LogP contribution is -2.43. The molecule has 5 nitrogen and oxygen atoms in total. The van der Waals surface area contributed by atoms with E-state index < -0.39 is 18.3 Å². The van der Waals surface area contributed by atoms with Crippen LogP contribution in [0.2, 0.25) is 0 Å². The van der Waals surface area contributed by atoms with Crippen LogP contribution in [0.5, 0.6) is 0 Å². The van der Waals surface area contributed by atoms with Crippen molar-refractivity contribution in [2.24, 2.45) is 0 Å². The zero-order valence-electron chi connectivity index (χ0n) is 18.0. The molecule has 0 saturated heterocycles. The van der Waals surface area contributed by atoms with Crippen molar-refractivity contribution in [1.82, 2.24) is 0 Å². The molecule has 2 rings (SSSR count). The van der Waals surface area contributed by atoms with E-state index in [1.165, 1.54) is 0 Å². The number of hydrogen-bond donors (Lipinski definition) is 2. The first-order chi connectivity index (χ1) is 15.2. The minimum absolute atomic E-state index is 0.208. The van der Waals surface area contributed by atoms with Gasteiger partial charge >= 0.3 is 0 Å². The summed E-state index contributed by atoms with van der Waals surface area (Å²) < 4.78 is 18.2. The van der Waals surface area contributed by atoms with Crippen LogP contribution in [-0.4, -0.2) is 47.8 Å². The first kappa shape index (κ1) is 25.0. The van der Waals surface area contributed by atoms with E-state index >= 15 is 0 Å². The second-order valence-corrected chi connectivity index (χ2v) is 7.30. The minimum Gasteiger partial charge on any atom is -0.394 e. The minimum atomic E-state index is -0.596. The highest BCUT2D eigenvalue weighted by Gasteiger charge is 2.29. The highest BCUT2D eigenvalue weighted by Crippen LogP contribution is 2.19. The molecule has 4 atom stereocenters. The van der Waals surface area contributed by atoms with Gasteiger partial charge in [0.05, 0.1) is 38.6 Å². The van der Waals surface area contributed by atoms with Crippen molar-refractivity contribution in [1.29, 1.82) is 0 Å². The smallest absolute Gasteiger partial charge is 0.107 e. The normalized spacial score (nSPS) is 15.0. The molecule has 5 heteroatoms. The van der Waals surface area contributed by atoms with Crippen LogP contribution >= 0.6 is 0 Å². The van der Waals surface area contributed by atoms with E-state index in [-0.39, 0.29) is 19.3 Å². The van der Waals surface area contributed by atoms with Crippen LogP contribution in [0.25, 0.3) is 0 Å². The second kappa shape index (κ2) is 14.7. The monoisotopic (exact) mass is 426 g/mol. The van der Waals surface area contributed by atoms with Crippen molar-refractivity contribution in [3.63, 3.8) is 0 Å². The van der Waals surface area contributed by atoms with E-state index in [0.717, 1.165) is 11.1 Å². The van der Waals surface area contributed by atoms with Crippen LogP contribution in [0.3, 0.4) is 0 Å². The molecule has 0 aliphatic carbocycles. The number of hydrogen-bond acceptors (Lipinski definition) is 5. The summed E-state index contributed by atoms with van der Waals surface area (Å²) in [7, 11) is 0. The molecular weight excluding hydrogens is 392 g/mol. The van der Waals surface area contributed by atoms with Gasteiger partial charge in [-0.25, -0.2) is 0 Å². The van der Waals surface area contributed by atoms with Gasteiger partial charge in [0.1, 0.15) is 12.2 Å². The van der Waals surface area contributed by atoms with Gasteiger partial charge in [0, 0.05) is 0 Å². The maximum atomic E-state index is 10.0. The van der Waals surface area contributed by atoms with Gasteiger partial charge in [-0.1, -0.05) is 72.8 Å². The van der Waals surface area contributed by atoms with Crippen LogP contribution in [0.1, 0.15) is 24.0 Å². The number of aliphatic hydroxyl groups is 2. The Morgan fingerprint density at radius 3 is 1.55 bits per heavy atom. The molecule has 0 saturated carbocycles. The fourth-order valence-corrected chi connectivity index (χ4v) is 3.26. The molecule has 0 fully saturated rings. The molecule has 168 valence electrons.